The van der Waals surface area contributed by atoms with Gasteiger partial charge in [0.2, 0.25) is 9.84 Å². The van der Waals surface area contributed by atoms with E-state index >= 15 is 0 Å². The van der Waals surface area contributed by atoms with E-state index < -0.39 is 9.84 Å². The summed E-state index contributed by atoms with van der Waals surface area (Å²) in [6.07, 6.45) is 0.558. The molecule has 0 spiro atoms. The average Bonchev–Trinajstić information content (AvgIpc) is 2.29. The minimum Gasteiger partial charge on any atom is -0.230 e. The van der Waals surface area contributed by atoms with Crippen molar-refractivity contribution in [2.24, 2.45) is 0 Å². The molecule has 0 aliphatic heterocycles. The highest BCUT2D eigenvalue weighted by molar-refractivity contribution is 7.95. The van der Waals surface area contributed by atoms with E-state index in [0.29, 0.717) is 12.0 Å². The van der Waals surface area contributed by atoms with Gasteiger partial charge < -0.3 is 0 Å². The molecule has 0 saturated carbocycles. The van der Waals surface area contributed by atoms with Gasteiger partial charge in [0.25, 0.3) is 5.03 Å². The van der Waals surface area contributed by atoms with Gasteiger partial charge in [0, 0.05) is 0 Å². The Bertz CT molecular complexity index is 575. The summed E-state index contributed by atoms with van der Waals surface area (Å²) in [4.78, 5) is 3.35. The van der Waals surface area contributed by atoms with E-state index in [1.54, 1.807) is 31.2 Å². The lowest BCUT2D eigenvalue weighted by molar-refractivity contribution is 0.602. The molecule has 0 N–H and O–H groups in total. The van der Waals surface area contributed by atoms with Crippen LogP contribution in [0.1, 0.15) is 25.8 Å². The smallest absolute Gasteiger partial charge is 0.230 e. The second-order valence-electron chi connectivity index (χ2n) is 3.87. The monoisotopic (exact) mass is 249 g/mol. The van der Waals surface area contributed by atoms with E-state index in [-0.39, 0.29) is 9.92 Å². The molecule has 0 aliphatic rings. The summed E-state index contributed by atoms with van der Waals surface area (Å²) in [5, 5.41) is -0.149. The van der Waals surface area contributed by atoms with Gasteiger partial charge in [-0.1, -0.05) is 37.1 Å². The Morgan fingerprint density at radius 2 is 1.82 bits per heavy atom. The normalized spacial score (nSPS) is 12.8. The maximum absolute atomic E-state index is 12.2. The Kier molecular flexibility index (Phi) is 4.08. The molecule has 0 atom stereocenters. The van der Waals surface area contributed by atoms with Crippen LogP contribution in [0.3, 0.4) is 0 Å². The number of benzene rings is 1. The van der Waals surface area contributed by atoms with E-state index in [0.717, 1.165) is 5.56 Å². The minimum atomic E-state index is -3.65. The van der Waals surface area contributed by atoms with E-state index in [4.69, 9.17) is 6.57 Å². The molecule has 0 aliphatic carbocycles. The summed E-state index contributed by atoms with van der Waals surface area (Å²) in [6, 6.07) is 6.54. The molecule has 0 aromatic heterocycles. The summed E-state index contributed by atoms with van der Waals surface area (Å²) >= 11 is 0. The van der Waals surface area contributed by atoms with Crippen LogP contribution < -0.4 is 0 Å². The van der Waals surface area contributed by atoms with Gasteiger partial charge in [-0.3, -0.25) is 0 Å². The van der Waals surface area contributed by atoms with Gasteiger partial charge in [0.05, 0.1) is 11.5 Å². The van der Waals surface area contributed by atoms with Crippen molar-refractivity contribution in [1.29, 1.82) is 0 Å². The van der Waals surface area contributed by atoms with Crippen molar-refractivity contribution in [3.63, 3.8) is 0 Å². The quantitative estimate of drug-likeness (QED) is 0.771. The molecule has 0 amide bonds. The molecule has 1 aromatic rings. The molecule has 17 heavy (non-hydrogen) atoms. The van der Waals surface area contributed by atoms with Gasteiger partial charge in [-0.15, -0.1) is 0 Å². The summed E-state index contributed by atoms with van der Waals surface area (Å²) in [5.74, 6) is 0. The van der Waals surface area contributed by atoms with Crippen molar-refractivity contribution in [3.05, 3.63) is 51.8 Å². The molecule has 1 rings (SSSR count). The fraction of sp³-hybridized carbons (Fsp3) is 0.308. The van der Waals surface area contributed by atoms with Crippen molar-refractivity contribution in [1.82, 2.24) is 0 Å². The molecule has 0 fully saturated rings. The first kappa shape index (κ1) is 13.5. The highest BCUT2D eigenvalue weighted by Crippen LogP contribution is 2.24. The molecule has 0 bridgehead atoms. The molecular weight excluding hydrogens is 234 g/mol. The lowest BCUT2D eigenvalue weighted by atomic mass is 10.2. The van der Waals surface area contributed by atoms with Crippen molar-refractivity contribution >= 4 is 9.84 Å². The number of allylic oxidation sites excluding steroid dienone is 1. The van der Waals surface area contributed by atoms with Crippen LogP contribution in [0, 0.1) is 13.5 Å². The predicted octanol–water partition coefficient (Wildman–Crippen LogP) is 3.33. The number of hydrogen-bond donors (Lipinski definition) is 0. The van der Waals surface area contributed by atoms with E-state index in [1.807, 2.05) is 13.8 Å². The summed E-state index contributed by atoms with van der Waals surface area (Å²) < 4.78 is 24.4. The summed E-state index contributed by atoms with van der Waals surface area (Å²) in [5.41, 5.74) is 1.59. The maximum atomic E-state index is 12.2. The molecule has 1 aromatic carbocycles. The van der Waals surface area contributed by atoms with Crippen molar-refractivity contribution in [2.45, 2.75) is 32.1 Å². The largest absolute Gasteiger partial charge is 0.282 e. The molecule has 0 saturated heterocycles. The van der Waals surface area contributed by atoms with Crippen molar-refractivity contribution < 1.29 is 8.42 Å². The van der Waals surface area contributed by atoms with Crippen LogP contribution in [0.25, 0.3) is 4.85 Å². The van der Waals surface area contributed by atoms with Gasteiger partial charge in [-0.05, 0) is 25.5 Å². The minimum absolute atomic E-state index is 0.149. The predicted molar refractivity (Wildman–Crippen MR) is 68.0 cm³/mol. The first-order valence-corrected chi connectivity index (χ1v) is 6.80. The van der Waals surface area contributed by atoms with E-state index in [2.05, 4.69) is 4.85 Å². The Labute approximate surface area is 103 Å². The highest BCUT2D eigenvalue weighted by atomic mass is 32.2. The highest BCUT2D eigenvalue weighted by Gasteiger charge is 2.23. The van der Waals surface area contributed by atoms with Crippen LogP contribution in [0.4, 0.5) is 0 Å². The Morgan fingerprint density at radius 1 is 1.29 bits per heavy atom. The lowest BCUT2D eigenvalue weighted by Crippen LogP contribution is -2.04. The molecule has 90 valence electrons. The standard InChI is InChI=1S/C13H15NO2S/c1-5-11(3)13(14-4)17(15,16)12-8-6-10(2)7-9-12/h6-9H,5H2,1-3H3. The third kappa shape index (κ3) is 2.75. The number of aryl methyl sites for hydroxylation is 1. The Hall–Kier alpha value is -1.60. The number of rotatable bonds is 3. The maximum Gasteiger partial charge on any atom is 0.282 e. The number of nitrogens with zero attached hydrogens (tertiary/aromatic N) is 1. The summed E-state index contributed by atoms with van der Waals surface area (Å²) in [6.45, 7) is 12.4. The summed E-state index contributed by atoms with van der Waals surface area (Å²) in [7, 11) is -3.65. The van der Waals surface area contributed by atoms with Gasteiger partial charge in [-0.2, -0.15) is 0 Å². The van der Waals surface area contributed by atoms with E-state index in [1.165, 1.54) is 0 Å². The third-order valence-electron chi connectivity index (χ3n) is 2.58. The third-order valence-corrected chi connectivity index (χ3v) is 4.42. The second-order valence-corrected chi connectivity index (χ2v) is 5.73. The first-order chi connectivity index (χ1) is 7.93. The van der Waals surface area contributed by atoms with Crippen molar-refractivity contribution in [2.75, 3.05) is 0 Å². The van der Waals surface area contributed by atoms with Crippen molar-refractivity contribution in [3.8, 4) is 0 Å². The molecule has 0 unspecified atom stereocenters. The van der Waals surface area contributed by atoms with Crippen LogP contribution in [0.5, 0.6) is 0 Å². The van der Waals surface area contributed by atoms with Crippen LogP contribution in [-0.2, 0) is 9.84 Å². The van der Waals surface area contributed by atoms with E-state index in [9.17, 15) is 8.42 Å². The number of hydrogen-bond acceptors (Lipinski definition) is 2. The van der Waals surface area contributed by atoms with Crippen LogP contribution >= 0.6 is 0 Å². The zero-order valence-corrected chi connectivity index (χ0v) is 11.0. The van der Waals surface area contributed by atoms with Crippen LogP contribution in [0.15, 0.2) is 39.8 Å². The Morgan fingerprint density at radius 3 is 2.24 bits per heavy atom. The first-order valence-electron chi connectivity index (χ1n) is 5.32. The lowest BCUT2D eigenvalue weighted by Gasteiger charge is -2.06. The average molecular weight is 249 g/mol. The number of sulfone groups is 1. The molecule has 3 nitrogen and oxygen atoms in total. The SMILES string of the molecule is [C-]#[N+]C(=C(C)CC)S(=O)(=O)c1ccc(C)cc1. The van der Waals surface area contributed by atoms with Gasteiger partial charge >= 0.3 is 0 Å². The fourth-order valence-electron chi connectivity index (χ4n) is 1.37. The zero-order valence-electron chi connectivity index (χ0n) is 10.2. The zero-order chi connectivity index (χ0) is 13.1. The van der Waals surface area contributed by atoms with Crippen LogP contribution in [-0.4, -0.2) is 8.42 Å². The molecule has 0 heterocycles. The van der Waals surface area contributed by atoms with Gasteiger partial charge in [0.1, 0.15) is 0 Å². The molecular formula is C13H15NO2S. The second kappa shape index (κ2) is 5.15. The molecule has 0 radical (unpaired) electrons. The Balaban J connectivity index is 3.39. The topological polar surface area (TPSA) is 38.5 Å². The van der Waals surface area contributed by atoms with Gasteiger partial charge in [-0.25, -0.2) is 13.3 Å². The fourth-order valence-corrected chi connectivity index (χ4v) is 2.81. The molecule has 4 heteroatoms. The van der Waals surface area contributed by atoms with Gasteiger partial charge in [0.15, 0.2) is 0 Å². The van der Waals surface area contributed by atoms with Crippen LogP contribution in [0.2, 0.25) is 0 Å².